The number of nitrogens with one attached hydrogen (secondary N) is 1. The van der Waals surface area contributed by atoms with Crippen LogP contribution in [-0.4, -0.2) is 20.2 Å². The van der Waals surface area contributed by atoms with Crippen LogP contribution in [0.25, 0.3) is 22.0 Å². The molecule has 2 aromatic heterocycles. The number of rotatable bonds is 4. The Labute approximate surface area is 169 Å². The molecule has 5 nitrogen and oxygen atoms in total. The third-order valence-corrected chi connectivity index (χ3v) is 4.98. The summed E-state index contributed by atoms with van der Waals surface area (Å²) in [7, 11) is 0. The Morgan fingerprint density at radius 3 is 2.52 bits per heavy atom. The molecule has 0 radical (unpaired) electrons. The van der Waals surface area contributed by atoms with E-state index in [0.29, 0.717) is 6.54 Å². The predicted octanol–water partition coefficient (Wildman–Crippen LogP) is 4.75. The molecule has 0 aliphatic heterocycles. The first-order valence-electron chi connectivity index (χ1n) is 8.33. The van der Waals surface area contributed by atoms with Crippen LogP contribution in [0.3, 0.4) is 0 Å². The summed E-state index contributed by atoms with van der Waals surface area (Å²) in [6, 6.07) is 14.4. The van der Waals surface area contributed by atoms with E-state index >= 15 is 0 Å². The van der Waals surface area contributed by atoms with Gasteiger partial charge in [0.1, 0.15) is 18.0 Å². The van der Waals surface area contributed by atoms with Gasteiger partial charge in [0.25, 0.3) is 0 Å². The molecule has 4 aromatic rings. The summed E-state index contributed by atoms with van der Waals surface area (Å²) in [5, 5.41) is 12.5. The number of benzene rings is 2. The monoisotopic (exact) mass is 471 g/mol. The number of fused-ring (bicyclic) bond motifs is 1. The van der Waals surface area contributed by atoms with Gasteiger partial charge >= 0.3 is 0 Å². The first-order valence-corrected chi connectivity index (χ1v) is 9.41. The van der Waals surface area contributed by atoms with Crippen LogP contribution in [0.4, 0.5) is 10.2 Å². The number of aryl methyl sites for hydroxylation is 1. The van der Waals surface area contributed by atoms with Crippen LogP contribution in [0.5, 0.6) is 0 Å². The summed E-state index contributed by atoms with van der Waals surface area (Å²) < 4.78 is 14.2. The molecule has 0 aliphatic rings. The topological polar surface area (TPSA) is 63.6 Å². The van der Waals surface area contributed by atoms with Gasteiger partial charge in [0, 0.05) is 8.96 Å². The van der Waals surface area contributed by atoms with Crippen molar-refractivity contribution in [2.75, 3.05) is 5.32 Å². The second kappa shape index (κ2) is 7.51. The number of anilines is 1. The molecule has 0 spiro atoms. The fourth-order valence-electron chi connectivity index (χ4n) is 2.77. The van der Waals surface area contributed by atoms with Crippen molar-refractivity contribution in [3.63, 3.8) is 0 Å². The normalized spacial score (nSPS) is 10.9. The quantitative estimate of drug-likeness (QED) is 0.436. The third kappa shape index (κ3) is 3.87. The molecule has 0 atom stereocenters. The largest absolute Gasteiger partial charge is 0.364 e. The van der Waals surface area contributed by atoms with Crippen LogP contribution in [0.2, 0.25) is 0 Å². The lowest BCUT2D eigenvalue weighted by Gasteiger charge is -2.11. The highest BCUT2D eigenvalue weighted by molar-refractivity contribution is 14.1. The minimum absolute atomic E-state index is 0.251. The summed E-state index contributed by atoms with van der Waals surface area (Å²) in [5.74, 6) is 0.475. The van der Waals surface area contributed by atoms with Gasteiger partial charge in [0.15, 0.2) is 0 Å². The second-order valence-corrected chi connectivity index (χ2v) is 7.27. The minimum atomic E-state index is -0.251. The maximum atomic E-state index is 13.2. The van der Waals surface area contributed by atoms with Gasteiger partial charge in [-0.05, 0) is 77.0 Å². The van der Waals surface area contributed by atoms with Gasteiger partial charge in [-0.3, -0.25) is 0 Å². The summed E-state index contributed by atoms with van der Waals surface area (Å²) in [6.45, 7) is 2.41. The van der Waals surface area contributed by atoms with Crippen molar-refractivity contribution < 1.29 is 4.39 Å². The molecule has 2 aromatic carbocycles. The van der Waals surface area contributed by atoms with E-state index < -0.39 is 0 Å². The van der Waals surface area contributed by atoms with E-state index in [-0.39, 0.29) is 5.82 Å². The number of aromatic nitrogens is 4. The van der Waals surface area contributed by atoms with Gasteiger partial charge in [-0.1, -0.05) is 12.1 Å². The van der Waals surface area contributed by atoms with Gasteiger partial charge in [-0.2, -0.15) is 10.2 Å². The molecule has 134 valence electrons. The molecule has 1 N–H and O–H groups in total. The van der Waals surface area contributed by atoms with E-state index in [1.54, 1.807) is 18.5 Å². The molecule has 0 aliphatic carbocycles. The molecule has 7 heteroatoms. The van der Waals surface area contributed by atoms with E-state index in [1.165, 1.54) is 12.1 Å². The second-order valence-electron chi connectivity index (χ2n) is 6.10. The van der Waals surface area contributed by atoms with Crippen LogP contribution in [0.1, 0.15) is 11.4 Å². The molecular weight excluding hydrogens is 456 g/mol. The number of hydrogen-bond donors (Lipinski definition) is 1. The minimum Gasteiger partial charge on any atom is -0.364 e. The zero-order valence-electron chi connectivity index (χ0n) is 14.4. The zero-order valence-corrected chi connectivity index (χ0v) is 16.6. The Bertz CT molecular complexity index is 1100. The smallest absolute Gasteiger partial charge is 0.137 e. The molecule has 2 heterocycles. The van der Waals surface area contributed by atoms with E-state index in [9.17, 15) is 4.39 Å². The number of nitrogens with zero attached hydrogens (tertiary/aromatic N) is 4. The SMILES string of the molecule is Cc1ccc(CNc2ncnc3c(I)cc(-c4ccc(F)cc4)cc23)nn1. The molecule has 27 heavy (non-hydrogen) atoms. The average Bonchev–Trinajstić information content (AvgIpc) is 2.68. The Morgan fingerprint density at radius 1 is 0.963 bits per heavy atom. The highest BCUT2D eigenvalue weighted by atomic mass is 127. The molecule has 0 saturated heterocycles. The average molecular weight is 471 g/mol. The molecule has 0 unspecified atom stereocenters. The number of halogens is 2. The van der Waals surface area contributed by atoms with Crippen molar-refractivity contribution in [2.45, 2.75) is 13.5 Å². The van der Waals surface area contributed by atoms with Gasteiger partial charge in [0.05, 0.1) is 23.4 Å². The van der Waals surface area contributed by atoms with Crippen molar-refractivity contribution in [1.29, 1.82) is 0 Å². The number of hydrogen-bond acceptors (Lipinski definition) is 5. The van der Waals surface area contributed by atoms with Crippen molar-refractivity contribution in [1.82, 2.24) is 20.2 Å². The Hall–Kier alpha value is -2.68. The van der Waals surface area contributed by atoms with Crippen molar-refractivity contribution in [3.8, 4) is 11.1 Å². The zero-order chi connectivity index (χ0) is 18.8. The highest BCUT2D eigenvalue weighted by Crippen LogP contribution is 2.31. The van der Waals surface area contributed by atoms with Crippen LogP contribution in [-0.2, 0) is 6.54 Å². The van der Waals surface area contributed by atoms with Crippen LogP contribution < -0.4 is 5.32 Å². The first-order chi connectivity index (χ1) is 13.1. The molecule has 0 amide bonds. The van der Waals surface area contributed by atoms with E-state index in [2.05, 4.69) is 48.1 Å². The highest BCUT2D eigenvalue weighted by Gasteiger charge is 2.10. The van der Waals surface area contributed by atoms with Crippen LogP contribution in [0.15, 0.2) is 54.9 Å². The maximum Gasteiger partial charge on any atom is 0.137 e. The fourth-order valence-corrected chi connectivity index (χ4v) is 3.53. The molecule has 0 fully saturated rings. The maximum absolute atomic E-state index is 13.2. The lowest BCUT2D eigenvalue weighted by molar-refractivity contribution is 0.628. The Morgan fingerprint density at radius 2 is 1.78 bits per heavy atom. The van der Waals surface area contributed by atoms with Crippen molar-refractivity contribution in [3.05, 3.63) is 75.6 Å². The van der Waals surface area contributed by atoms with Crippen LogP contribution in [0, 0.1) is 16.3 Å². The van der Waals surface area contributed by atoms with Gasteiger partial charge < -0.3 is 5.32 Å². The Balaban J connectivity index is 1.72. The van der Waals surface area contributed by atoms with Crippen LogP contribution >= 0.6 is 22.6 Å². The van der Waals surface area contributed by atoms with Gasteiger partial charge in [-0.25, -0.2) is 14.4 Å². The van der Waals surface area contributed by atoms with Gasteiger partial charge in [0.2, 0.25) is 0 Å². The predicted molar refractivity (Wildman–Crippen MR) is 112 cm³/mol. The van der Waals surface area contributed by atoms with Gasteiger partial charge in [-0.15, -0.1) is 0 Å². The molecular formula is C20H15FIN5. The molecule has 4 rings (SSSR count). The summed E-state index contributed by atoms with van der Waals surface area (Å²) in [5.41, 5.74) is 4.51. The summed E-state index contributed by atoms with van der Waals surface area (Å²) >= 11 is 2.26. The lowest BCUT2D eigenvalue weighted by Crippen LogP contribution is -2.05. The standard InChI is InChI=1S/C20H15FIN5/c1-12-2-7-16(27-26-12)10-23-20-17-8-14(13-3-5-15(21)6-4-13)9-18(22)19(17)24-11-25-20/h2-9,11H,10H2,1H3,(H,23,24,25). The van der Waals surface area contributed by atoms with E-state index in [1.807, 2.05) is 31.2 Å². The molecule has 0 bridgehead atoms. The third-order valence-electron chi connectivity index (χ3n) is 4.16. The summed E-state index contributed by atoms with van der Waals surface area (Å²) in [4.78, 5) is 8.81. The van der Waals surface area contributed by atoms with Crippen molar-refractivity contribution in [2.24, 2.45) is 0 Å². The fraction of sp³-hybridized carbons (Fsp3) is 0.100. The van der Waals surface area contributed by atoms with E-state index in [0.717, 1.165) is 42.8 Å². The van der Waals surface area contributed by atoms with Crippen molar-refractivity contribution >= 4 is 39.3 Å². The molecule has 0 saturated carbocycles. The first kappa shape index (κ1) is 17.7. The van der Waals surface area contributed by atoms with E-state index in [4.69, 9.17) is 0 Å². The lowest BCUT2D eigenvalue weighted by atomic mass is 10.0. The Kier molecular flexibility index (Phi) is 4.93. The summed E-state index contributed by atoms with van der Waals surface area (Å²) in [6.07, 6.45) is 1.55.